The van der Waals surface area contributed by atoms with Gasteiger partial charge in [-0.05, 0) is 24.8 Å². The molecule has 0 amide bonds. The van der Waals surface area contributed by atoms with Crippen molar-refractivity contribution < 1.29 is 9.66 Å². The summed E-state index contributed by atoms with van der Waals surface area (Å²) in [6.45, 7) is 0. The van der Waals surface area contributed by atoms with Crippen molar-refractivity contribution in [3.63, 3.8) is 0 Å². The van der Waals surface area contributed by atoms with Crippen LogP contribution in [0.25, 0.3) is 0 Å². The molecule has 2 N–H and O–H groups in total. The molecule has 0 saturated heterocycles. The Kier molecular flexibility index (Phi) is 4.37. The van der Waals surface area contributed by atoms with Crippen molar-refractivity contribution in [2.45, 2.75) is 38.1 Å². The third-order valence-electron chi connectivity index (χ3n) is 3.94. The van der Waals surface area contributed by atoms with Gasteiger partial charge < -0.3 is 10.5 Å². The van der Waals surface area contributed by atoms with Crippen molar-refractivity contribution >= 4 is 5.69 Å². The van der Waals surface area contributed by atoms with Crippen LogP contribution in [0.5, 0.6) is 5.75 Å². The maximum absolute atomic E-state index is 10.9. The number of nitrogens with two attached hydrogens (primary N) is 1. The van der Waals surface area contributed by atoms with Gasteiger partial charge in [0, 0.05) is 23.7 Å². The van der Waals surface area contributed by atoms with Crippen molar-refractivity contribution in [1.82, 2.24) is 0 Å². The number of nitrogens with zero attached hydrogens (tertiary/aromatic N) is 1. The molecule has 2 rings (SSSR count). The van der Waals surface area contributed by atoms with Gasteiger partial charge in [-0.3, -0.25) is 10.1 Å². The van der Waals surface area contributed by atoms with Gasteiger partial charge in [-0.1, -0.05) is 19.3 Å². The van der Waals surface area contributed by atoms with Crippen LogP contribution in [-0.2, 0) is 0 Å². The van der Waals surface area contributed by atoms with E-state index < -0.39 is 4.92 Å². The van der Waals surface area contributed by atoms with Crippen LogP contribution in [0, 0.1) is 16.0 Å². The second-order valence-electron chi connectivity index (χ2n) is 5.11. The predicted molar refractivity (Wildman–Crippen MR) is 73.2 cm³/mol. The van der Waals surface area contributed by atoms with Gasteiger partial charge in [0.25, 0.3) is 5.69 Å². The lowest BCUT2D eigenvalue weighted by atomic mass is 9.81. The molecular formula is C14H20N2O3. The number of hydrogen-bond donors (Lipinski definition) is 1. The Morgan fingerprint density at radius 3 is 2.63 bits per heavy atom. The third-order valence-corrected chi connectivity index (χ3v) is 3.94. The SMILES string of the molecule is COc1ccc([N+](=O)[O-])cc1C(N)C1CCCCC1. The molecule has 0 radical (unpaired) electrons. The Labute approximate surface area is 112 Å². The van der Waals surface area contributed by atoms with Crippen LogP contribution in [0.1, 0.15) is 43.7 Å². The Bertz CT molecular complexity index is 456. The number of benzene rings is 1. The molecule has 1 atom stereocenters. The van der Waals surface area contributed by atoms with Crippen molar-refractivity contribution in [3.8, 4) is 5.75 Å². The molecule has 5 nitrogen and oxygen atoms in total. The summed E-state index contributed by atoms with van der Waals surface area (Å²) in [4.78, 5) is 10.5. The fourth-order valence-electron chi connectivity index (χ4n) is 2.84. The number of non-ortho nitro benzene ring substituents is 1. The smallest absolute Gasteiger partial charge is 0.270 e. The maximum atomic E-state index is 10.9. The lowest BCUT2D eigenvalue weighted by Gasteiger charge is -2.28. The summed E-state index contributed by atoms with van der Waals surface area (Å²) in [6.07, 6.45) is 5.82. The molecular weight excluding hydrogens is 244 g/mol. The van der Waals surface area contributed by atoms with Gasteiger partial charge in [0.15, 0.2) is 0 Å². The van der Waals surface area contributed by atoms with E-state index in [2.05, 4.69) is 0 Å². The van der Waals surface area contributed by atoms with Gasteiger partial charge in [0.05, 0.1) is 12.0 Å². The average Bonchev–Trinajstić information content (AvgIpc) is 2.46. The van der Waals surface area contributed by atoms with Crippen LogP contribution >= 0.6 is 0 Å². The molecule has 0 spiro atoms. The fourth-order valence-corrected chi connectivity index (χ4v) is 2.84. The molecule has 0 heterocycles. The van der Waals surface area contributed by atoms with Crippen LogP contribution in [0.4, 0.5) is 5.69 Å². The minimum atomic E-state index is -0.392. The lowest BCUT2D eigenvalue weighted by Crippen LogP contribution is -2.24. The molecule has 1 aromatic rings. The van der Waals surface area contributed by atoms with Crippen LogP contribution in [0.15, 0.2) is 18.2 Å². The van der Waals surface area contributed by atoms with E-state index in [0.29, 0.717) is 11.7 Å². The number of hydrogen-bond acceptors (Lipinski definition) is 4. The van der Waals surface area contributed by atoms with E-state index in [1.165, 1.54) is 25.3 Å². The molecule has 1 aromatic carbocycles. The molecule has 5 heteroatoms. The minimum Gasteiger partial charge on any atom is -0.496 e. The quantitative estimate of drug-likeness (QED) is 0.669. The van der Waals surface area contributed by atoms with Crippen molar-refractivity contribution in [1.29, 1.82) is 0 Å². The highest BCUT2D eigenvalue weighted by Gasteiger charge is 2.25. The first-order valence-electron chi connectivity index (χ1n) is 6.71. The van der Waals surface area contributed by atoms with Crippen molar-refractivity contribution in [2.24, 2.45) is 11.7 Å². The van der Waals surface area contributed by atoms with Gasteiger partial charge in [-0.15, -0.1) is 0 Å². The molecule has 19 heavy (non-hydrogen) atoms. The second-order valence-corrected chi connectivity index (χ2v) is 5.11. The monoisotopic (exact) mass is 264 g/mol. The largest absolute Gasteiger partial charge is 0.496 e. The second kappa shape index (κ2) is 6.02. The zero-order chi connectivity index (χ0) is 13.8. The molecule has 1 unspecified atom stereocenters. The van der Waals surface area contributed by atoms with Gasteiger partial charge in [0.2, 0.25) is 0 Å². The van der Waals surface area contributed by atoms with E-state index in [1.807, 2.05) is 0 Å². The van der Waals surface area contributed by atoms with Crippen LogP contribution < -0.4 is 10.5 Å². The normalized spacial score (nSPS) is 18.0. The lowest BCUT2D eigenvalue weighted by molar-refractivity contribution is -0.385. The van der Waals surface area contributed by atoms with Gasteiger partial charge in [0.1, 0.15) is 5.75 Å². The maximum Gasteiger partial charge on any atom is 0.270 e. The fraction of sp³-hybridized carbons (Fsp3) is 0.571. The summed E-state index contributed by atoms with van der Waals surface area (Å²) in [5.74, 6) is 1.04. The molecule has 0 bridgehead atoms. The van der Waals surface area contributed by atoms with Crippen LogP contribution in [0.3, 0.4) is 0 Å². The first-order chi connectivity index (χ1) is 9.13. The number of rotatable bonds is 4. The number of nitro benzene ring substituents is 1. The van der Waals surface area contributed by atoms with Crippen LogP contribution in [-0.4, -0.2) is 12.0 Å². The van der Waals surface area contributed by atoms with E-state index in [4.69, 9.17) is 10.5 Å². The number of nitro groups is 1. The first-order valence-corrected chi connectivity index (χ1v) is 6.71. The summed E-state index contributed by atoms with van der Waals surface area (Å²) >= 11 is 0. The minimum absolute atomic E-state index is 0.0714. The summed E-state index contributed by atoms with van der Waals surface area (Å²) in [5, 5.41) is 10.9. The molecule has 1 saturated carbocycles. The molecule has 1 fully saturated rings. The van der Waals surface area contributed by atoms with E-state index in [1.54, 1.807) is 19.2 Å². The molecule has 1 aliphatic carbocycles. The topological polar surface area (TPSA) is 78.4 Å². The van der Waals surface area contributed by atoms with E-state index in [-0.39, 0.29) is 11.7 Å². The predicted octanol–water partition coefficient (Wildman–Crippen LogP) is 3.18. The standard InChI is InChI=1S/C14H20N2O3/c1-19-13-8-7-11(16(17)18)9-12(13)14(15)10-5-3-2-4-6-10/h7-10,14H,2-6,15H2,1H3. The molecule has 0 aliphatic heterocycles. The molecule has 1 aliphatic rings. The average molecular weight is 264 g/mol. The van der Waals surface area contributed by atoms with Gasteiger partial charge >= 0.3 is 0 Å². The summed E-state index contributed by atoms with van der Waals surface area (Å²) in [5.41, 5.74) is 7.14. The zero-order valence-corrected chi connectivity index (χ0v) is 11.2. The summed E-state index contributed by atoms with van der Waals surface area (Å²) in [6, 6.07) is 4.46. The molecule has 104 valence electrons. The highest BCUT2D eigenvalue weighted by molar-refractivity contribution is 5.45. The zero-order valence-electron chi connectivity index (χ0n) is 11.2. The first kappa shape index (κ1) is 13.8. The van der Waals surface area contributed by atoms with Crippen LogP contribution in [0.2, 0.25) is 0 Å². The third kappa shape index (κ3) is 3.04. The number of methoxy groups -OCH3 is 1. The Hall–Kier alpha value is -1.62. The van der Waals surface area contributed by atoms with E-state index in [9.17, 15) is 10.1 Å². The Balaban J connectivity index is 2.29. The van der Waals surface area contributed by atoms with Crippen molar-refractivity contribution in [3.05, 3.63) is 33.9 Å². The summed E-state index contributed by atoms with van der Waals surface area (Å²) in [7, 11) is 1.57. The number of ether oxygens (including phenoxy) is 1. The Morgan fingerprint density at radius 1 is 1.37 bits per heavy atom. The van der Waals surface area contributed by atoms with E-state index >= 15 is 0 Å². The Morgan fingerprint density at radius 2 is 2.05 bits per heavy atom. The summed E-state index contributed by atoms with van der Waals surface area (Å²) < 4.78 is 5.29. The van der Waals surface area contributed by atoms with E-state index in [0.717, 1.165) is 18.4 Å². The van der Waals surface area contributed by atoms with Gasteiger partial charge in [-0.2, -0.15) is 0 Å². The highest BCUT2D eigenvalue weighted by atomic mass is 16.6. The highest BCUT2D eigenvalue weighted by Crippen LogP contribution is 2.37. The molecule has 0 aromatic heterocycles. The van der Waals surface area contributed by atoms with Gasteiger partial charge in [-0.25, -0.2) is 0 Å². The van der Waals surface area contributed by atoms with Crippen molar-refractivity contribution in [2.75, 3.05) is 7.11 Å².